The first-order chi connectivity index (χ1) is 12.1. The van der Waals surface area contributed by atoms with Crippen LogP contribution in [0.1, 0.15) is 5.56 Å². The zero-order valence-corrected chi connectivity index (χ0v) is 27.2. The molecular formula is C23H25N2Rb2+. The molecule has 0 N–H and O–H groups in total. The molecular weight excluding hydrogens is 475 g/mol. The third-order valence-electron chi connectivity index (χ3n) is 3.68. The molecule has 2 nitrogen and oxygen atoms in total. The van der Waals surface area contributed by atoms with Gasteiger partial charge >= 0.3 is 116 Å². The Morgan fingerprint density at radius 3 is 2.04 bits per heavy atom. The molecule has 2 rings (SSSR count). The number of hydrogen-bond donors (Lipinski definition) is 0. The van der Waals surface area contributed by atoms with Crippen LogP contribution in [0, 0.1) is 12.2 Å². The second-order valence-corrected chi connectivity index (χ2v) is 6.08. The molecule has 0 amide bonds. The predicted octanol–water partition coefficient (Wildman–Crippen LogP) is -1.85. The Kier molecular flexibility index (Phi) is 16.0. The maximum absolute atomic E-state index is 3.25. The van der Waals surface area contributed by atoms with E-state index in [0.29, 0.717) is 0 Å². The van der Waals surface area contributed by atoms with E-state index >= 15 is 0 Å². The number of anilines is 1. The maximum Gasteiger partial charge on any atom is 1.00 e. The second-order valence-electron chi connectivity index (χ2n) is 6.08. The summed E-state index contributed by atoms with van der Waals surface area (Å²) in [5.74, 6) is 0. The van der Waals surface area contributed by atoms with Gasteiger partial charge in [-0.1, -0.05) is 12.1 Å². The molecule has 1 aliphatic rings. The van der Waals surface area contributed by atoms with Crippen LogP contribution in [0.25, 0.3) is 0 Å². The Bertz CT molecular complexity index is 768. The van der Waals surface area contributed by atoms with Gasteiger partial charge in [-0.25, -0.2) is 4.58 Å². The minimum absolute atomic E-state index is 0. The molecule has 0 spiro atoms. The number of rotatable bonds is 5. The van der Waals surface area contributed by atoms with Crippen molar-refractivity contribution in [3.05, 3.63) is 102 Å². The molecule has 27 heavy (non-hydrogen) atoms. The summed E-state index contributed by atoms with van der Waals surface area (Å²) >= 11 is 0. The van der Waals surface area contributed by atoms with Crippen LogP contribution in [-0.2, 0) is 0 Å². The van der Waals surface area contributed by atoms with Gasteiger partial charge in [0, 0.05) is 19.8 Å². The van der Waals surface area contributed by atoms with E-state index in [4.69, 9.17) is 0 Å². The minimum Gasteiger partial charge on any atom is -0.379 e. The van der Waals surface area contributed by atoms with Crippen LogP contribution >= 0.6 is 0 Å². The molecule has 1 aromatic carbocycles. The molecule has 1 aliphatic carbocycles. The maximum atomic E-state index is 3.25. The van der Waals surface area contributed by atoms with Crippen LogP contribution in [0.4, 0.5) is 5.69 Å². The van der Waals surface area contributed by atoms with Crippen molar-refractivity contribution >= 4 is 11.4 Å². The van der Waals surface area contributed by atoms with Crippen LogP contribution in [0.15, 0.2) is 84.5 Å². The fraction of sp³-hybridized carbons (Fsp3) is 0.174. The first kappa shape index (κ1) is 27.7. The third-order valence-corrected chi connectivity index (χ3v) is 3.68. The minimum atomic E-state index is 0. The van der Waals surface area contributed by atoms with Gasteiger partial charge in [0.15, 0.2) is 5.71 Å². The van der Waals surface area contributed by atoms with E-state index in [0.717, 1.165) is 11.1 Å². The number of allylic oxidation sites excluding steroid dienone is 11. The fourth-order valence-corrected chi connectivity index (χ4v) is 2.18. The van der Waals surface area contributed by atoms with Crippen LogP contribution in [0.3, 0.4) is 0 Å². The second kappa shape index (κ2) is 15.6. The molecule has 0 unspecified atom stereocenters. The summed E-state index contributed by atoms with van der Waals surface area (Å²) in [5.41, 5.74) is 4.51. The largest absolute Gasteiger partial charge is 1.00 e. The summed E-state index contributed by atoms with van der Waals surface area (Å²) in [7, 11) is 8.14. The Labute approximate surface area is 262 Å². The topological polar surface area (TPSA) is 6.25 Å². The smallest absolute Gasteiger partial charge is 0.379 e. The molecule has 0 radical (unpaired) electrons. The Hall–Kier alpha value is 0.740. The summed E-state index contributed by atoms with van der Waals surface area (Å²) in [6.07, 6.45) is 24.5. The SMILES string of the molecule is CN(C)c1ccc([C-]=CC=CC=C[C-]=C2C=CC(=[N+](C)C)C=C2)cc1.[Rb+].[Rb+]. The zero-order chi connectivity index (χ0) is 18.1. The van der Waals surface area contributed by atoms with E-state index in [9.17, 15) is 0 Å². The average molecular weight is 500 g/mol. The quantitative estimate of drug-likeness (QED) is 0.262. The van der Waals surface area contributed by atoms with E-state index < -0.39 is 0 Å². The van der Waals surface area contributed by atoms with Crippen molar-refractivity contribution in [2.75, 3.05) is 33.1 Å². The van der Waals surface area contributed by atoms with E-state index in [1.165, 1.54) is 11.4 Å². The normalized spacial score (nSPS) is 13.2. The number of nitrogens with zero attached hydrogens (tertiary/aromatic N) is 2. The molecule has 1 aromatic rings. The molecule has 0 fully saturated rings. The molecule has 0 aromatic heterocycles. The van der Waals surface area contributed by atoms with E-state index in [-0.39, 0.29) is 116 Å². The van der Waals surface area contributed by atoms with E-state index in [1.807, 2.05) is 58.6 Å². The van der Waals surface area contributed by atoms with Crippen molar-refractivity contribution in [3.63, 3.8) is 0 Å². The molecule has 0 aliphatic heterocycles. The van der Waals surface area contributed by atoms with Crippen LogP contribution in [0.2, 0.25) is 0 Å². The summed E-state index contributed by atoms with van der Waals surface area (Å²) in [5, 5.41) is 0. The molecule has 0 atom stereocenters. The van der Waals surface area contributed by atoms with E-state index in [1.54, 1.807) is 0 Å². The summed E-state index contributed by atoms with van der Waals surface area (Å²) in [6.45, 7) is 0. The monoisotopic (exact) mass is 499 g/mol. The standard InChI is InChI=1S/C23H25N2.2Rb/c1-24(2)22-16-12-20(13-17-22)10-8-6-5-7-9-11-21-14-18-23(19-15-21)25(3)4;;/h5-9,12-19H,1-4H3;;/q-1;2*+1. The molecule has 0 heterocycles. The van der Waals surface area contributed by atoms with Gasteiger partial charge in [-0.05, 0) is 12.2 Å². The van der Waals surface area contributed by atoms with Crippen molar-refractivity contribution < 1.29 is 121 Å². The van der Waals surface area contributed by atoms with Gasteiger partial charge in [0.05, 0.1) is 0 Å². The van der Waals surface area contributed by atoms with Gasteiger partial charge in [0.25, 0.3) is 0 Å². The van der Waals surface area contributed by atoms with Gasteiger partial charge in [-0.2, -0.15) is 0 Å². The summed E-state index contributed by atoms with van der Waals surface area (Å²) in [6, 6.07) is 8.31. The van der Waals surface area contributed by atoms with Crippen molar-refractivity contribution in [2.45, 2.75) is 0 Å². The van der Waals surface area contributed by atoms with Gasteiger partial charge in [-0.3, -0.25) is 0 Å². The molecule has 4 heteroatoms. The predicted molar refractivity (Wildman–Crippen MR) is 108 cm³/mol. The summed E-state index contributed by atoms with van der Waals surface area (Å²) in [4.78, 5) is 2.08. The molecule has 128 valence electrons. The Morgan fingerprint density at radius 2 is 1.48 bits per heavy atom. The Balaban J connectivity index is 0.00000338. The fourth-order valence-electron chi connectivity index (χ4n) is 2.18. The average Bonchev–Trinajstić information content (AvgIpc) is 2.61. The van der Waals surface area contributed by atoms with Gasteiger partial charge in [-0.15, -0.1) is 78.0 Å². The van der Waals surface area contributed by atoms with E-state index in [2.05, 4.69) is 70.2 Å². The molecule has 0 saturated carbocycles. The third kappa shape index (κ3) is 10.9. The van der Waals surface area contributed by atoms with Crippen molar-refractivity contribution in [2.24, 2.45) is 0 Å². The van der Waals surface area contributed by atoms with Gasteiger partial charge < -0.3 is 4.90 Å². The zero-order valence-electron chi connectivity index (χ0n) is 17.4. The summed E-state index contributed by atoms with van der Waals surface area (Å²) < 4.78 is 2.08. The number of benzene rings is 1. The van der Waals surface area contributed by atoms with Crippen molar-refractivity contribution in [1.29, 1.82) is 0 Å². The van der Waals surface area contributed by atoms with Crippen molar-refractivity contribution in [1.82, 2.24) is 0 Å². The van der Waals surface area contributed by atoms with Crippen LogP contribution < -0.4 is 121 Å². The first-order valence-electron chi connectivity index (χ1n) is 8.29. The first-order valence-corrected chi connectivity index (χ1v) is 8.29. The van der Waals surface area contributed by atoms with Gasteiger partial charge in [0.2, 0.25) is 0 Å². The molecule has 0 bridgehead atoms. The van der Waals surface area contributed by atoms with Crippen molar-refractivity contribution in [3.8, 4) is 0 Å². The molecule has 0 saturated heterocycles. The Morgan fingerprint density at radius 1 is 0.852 bits per heavy atom. The number of hydrogen-bond acceptors (Lipinski definition) is 1. The van der Waals surface area contributed by atoms with Gasteiger partial charge in [0.1, 0.15) is 14.1 Å². The van der Waals surface area contributed by atoms with Crippen LogP contribution in [-0.4, -0.2) is 38.5 Å². The van der Waals surface area contributed by atoms with Crippen LogP contribution in [0.5, 0.6) is 0 Å².